The summed E-state index contributed by atoms with van der Waals surface area (Å²) in [6, 6.07) is 41.3. The SMILES string of the molecule is O=C(Nc1ccc(/C=C/c2ccc(NC(=O)[C@@H]3CCCN3C(=O)c3ccc4ccccc4c3)cc2)cc1)[C@@H]1CCCN1C(=O)c1ccc2ccccc2c1. The summed E-state index contributed by atoms with van der Waals surface area (Å²) >= 11 is 0. The molecule has 2 aliphatic rings. The van der Waals surface area contributed by atoms with Crippen molar-refractivity contribution in [3.63, 3.8) is 0 Å². The normalized spacial score (nSPS) is 17.0. The molecule has 0 radical (unpaired) electrons. The molecule has 0 bridgehead atoms. The number of likely N-dealkylation sites (tertiary alicyclic amines) is 2. The number of hydrogen-bond acceptors (Lipinski definition) is 4. The molecule has 4 amide bonds. The zero-order valence-electron chi connectivity index (χ0n) is 29.8. The highest BCUT2D eigenvalue weighted by Crippen LogP contribution is 2.26. The first-order valence-corrected chi connectivity index (χ1v) is 18.5. The van der Waals surface area contributed by atoms with E-state index in [1.165, 1.54) is 0 Å². The molecule has 0 unspecified atom stereocenters. The number of carbonyl (C=O) groups is 4. The fourth-order valence-corrected chi connectivity index (χ4v) is 7.54. The van der Waals surface area contributed by atoms with Crippen molar-refractivity contribution in [1.82, 2.24) is 9.80 Å². The van der Waals surface area contributed by atoms with Gasteiger partial charge in [0.15, 0.2) is 0 Å². The largest absolute Gasteiger partial charge is 0.327 e. The van der Waals surface area contributed by atoms with E-state index in [9.17, 15) is 19.2 Å². The van der Waals surface area contributed by atoms with Crippen LogP contribution in [0.2, 0.25) is 0 Å². The highest BCUT2D eigenvalue weighted by Gasteiger charge is 2.36. The van der Waals surface area contributed by atoms with Gasteiger partial charge < -0.3 is 20.4 Å². The van der Waals surface area contributed by atoms with E-state index < -0.39 is 12.1 Å². The molecule has 2 aliphatic heterocycles. The summed E-state index contributed by atoms with van der Waals surface area (Å²) in [7, 11) is 0. The number of hydrogen-bond donors (Lipinski definition) is 2. The molecule has 0 aromatic heterocycles. The van der Waals surface area contributed by atoms with Gasteiger partial charge in [-0.2, -0.15) is 0 Å². The second-order valence-electron chi connectivity index (χ2n) is 14.0. The molecule has 54 heavy (non-hydrogen) atoms. The van der Waals surface area contributed by atoms with E-state index in [4.69, 9.17) is 0 Å². The molecule has 2 heterocycles. The van der Waals surface area contributed by atoms with Crippen LogP contribution in [-0.4, -0.2) is 58.6 Å². The number of rotatable bonds is 8. The lowest BCUT2D eigenvalue weighted by atomic mass is 10.1. The zero-order valence-corrected chi connectivity index (χ0v) is 29.8. The molecule has 2 fully saturated rings. The van der Waals surface area contributed by atoms with Crippen molar-refractivity contribution in [2.75, 3.05) is 23.7 Å². The van der Waals surface area contributed by atoms with E-state index in [0.29, 0.717) is 48.4 Å². The molecule has 8 heteroatoms. The van der Waals surface area contributed by atoms with Crippen LogP contribution in [0.3, 0.4) is 0 Å². The minimum Gasteiger partial charge on any atom is -0.327 e. The standard InChI is InChI=1S/C46H40N4O4/c51-43(41-11-5-27-49(41)45(53)37-21-19-33-7-1-3-9-35(33)29-37)47-39-23-15-31(16-24-39)13-14-32-17-25-40(26-18-32)48-44(52)42-12-6-28-50(42)46(54)38-22-20-34-8-2-4-10-36(34)30-38/h1-4,7-10,13-26,29-30,41-42H,5-6,11-12,27-28H2,(H,47,51)(H,48,52)/b14-13+/t41-,42-/m0/s1. The first kappa shape index (κ1) is 34.5. The number of carbonyl (C=O) groups excluding carboxylic acids is 4. The molecule has 2 N–H and O–H groups in total. The van der Waals surface area contributed by atoms with Gasteiger partial charge in [0.25, 0.3) is 11.8 Å². The number of amides is 4. The molecule has 6 aromatic carbocycles. The van der Waals surface area contributed by atoms with Gasteiger partial charge in [-0.3, -0.25) is 19.2 Å². The Morgan fingerprint density at radius 3 is 1.28 bits per heavy atom. The molecular formula is C46H40N4O4. The minimum atomic E-state index is -0.522. The van der Waals surface area contributed by atoms with Gasteiger partial charge in [-0.25, -0.2) is 0 Å². The molecule has 0 aliphatic carbocycles. The summed E-state index contributed by atoms with van der Waals surface area (Å²) < 4.78 is 0. The molecule has 2 saturated heterocycles. The Hall–Kier alpha value is -6.54. The maximum Gasteiger partial charge on any atom is 0.254 e. The Labute approximate surface area is 314 Å². The van der Waals surface area contributed by atoms with Crippen LogP contribution in [0.5, 0.6) is 0 Å². The summed E-state index contributed by atoms with van der Waals surface area (Å²) in [6.07, 6.45) is 6.77. The van der Waals surface area contributed by atoms with Crippen molar-refractivity contribution in [2.24, 2.45) is 0 Å². The molecule has 0 saturated carbocycles. The lowest BCUT2D eigenvalue weighted by Crippen LogP contribution is -2.43. The smallest absolute Gasteiger partial charge is 0.254 e. The van der Waals surface area contributed by atoms with Crippen molar-refractivity contribution < 1.29 is 19.2 Å². The van der Waals surface area contributed by atoms with Gasteiger partial charge in [0.05, 0.1) is 0 Å². The van der Waals surface area contributed by atoms with Crippen LogP contribution in [0, 0.1) is 0 Å². The maximum absolute atomic E-state index is 13.4. The van der Waals surface area contributed by atoms with E-state index in [0.717, 1.165) is 45.5 Å². The van der Waals surface area contributed by atoms with Crippen molar-refractivity contribution in [2.45, 2.75) is 37.8 Å². The number of nitrogens with one attached hydrogen (secondary N) is 2. The average Bonchev–Trinajstić information content (AvgIpc) is 3.92. The van der Waals surface area contributed by atoms with Crippen LogP contribution in [0.15, 0.2) is 133 Å². The Balaban J connectivity index is 0.845. The third-order valence-corrected chi connectivity index (χ3v) is 10.5. The molecule has 8 rings (SSSR count). The quantitative estimate of drug-likeness (QED) is 0.154. The predicted molar refractivity (Wildman–Crippen MR) is 215 cm³/mol. The Kier molecular flexibility index (Phi) is 9.73. The number of anilines is 2. The number of benzene rings is 6. The van der Waals surface area contributed by atoms with Crippen molar-refractivity contribution >= 4 is 68.7 Å². The van der Waals surface area contributed by atoms with Gasteiger partial charge in [0.2, 0.25) is 11.8 Å². The molecule has 2 atom stereocenters. The number of nitrogens with zero attached hydrogens (tertiary/aromatic N) is 2. The summed E-state index contributed by atoms with van der Waals surface area (Å²) in [5, 5.41) is 10.1. The van der Waals surface area contributed by atoms with Crippen LogP contribution in [0.4, 0.5) is 11.4 Å². The van der Waals surface area contributed by atoms with Gasteiger partial charge in [-0.15, -0.1) is 0 Å². The highest BCUT2D eigenvalue weighted by molar-refractivity contribution is 6.04. The van der Waals surface area contributed by atoms with Crippen LogP contribution in [0.25, 0.3) is 33.7 Å². The van der Waals surface area contributed by atoms with Crippen LogP contribution >= 0.6 is 0 Å². The van der Waals surface area contributed by atoms with Crippen molar-refractivity contribution in [3.05, 3.63) is 156 Å². The summed E-state index contributed by atoms with van der Waals surface area (Å²) in [5.74, 6) is -0.623. The molecular weight excluding hydrogens is 673 g/mol. The fraction of sp³-hybridized carbons (Fsp3) is 0.174. The monoisotopic (exact) mass is 712 g/mol. The first-order valence-electron chi connectivity index (χ1n) is 18.5. The van der Waals surface area contributed by atoms with Crippen LogP contribution in [0.1, 0.15) is 57.5 Å². The number of fused-ring (bicyclic) bond motifs is 2. The highest BCUT2D eigenvalue weighted by atomic mass is 16.2. The third kappa shape index (κ3) is 7.36. The fourth-order valence-electron chi connectivity index (χ4n) is 7.54. The van der Waals surface area contributed by atoms with E-state index >= 15 is 0 Å². The minimum absolute atomic E-state index is 0.126. The molecule has 0 spiro atoms. The van der Waals surface area contributed by atoms with E-state index in [1.807, 2.05) is 146 Å². The zero-order chi connectivity index (χ0) is 37.0. The van der Waals surface area contributed by atoms with Gasteiger partial charge in [0, 0.05) is 35.6 Å². The predicted octanol–water partition coefficient (Wildman–Crippen LogP) is 8.65. The maximum atomic E-state index is 13.4. The second kappa shape index (κ2) is 15.2. The van der Waals surface area contributed by atoms with Gasteiger partial charge in [0.1, 0.15) is 12.1 Å². The lowest BCUT2D eigenvalue weighted by Gasteiger charge is -2.24. The van der Waals surface area contributed by atoms with E-state index in [1.54, 1.807) is 9.80 Å². The van der Waals surface area contributed by atoms with Crippen molar-refractivity contribution in [1.29, 1.82) is 0 Å². The van der Waals surface area contributed by atoms with Crippen LogP contribution < -0.4 is 10.6 Å². The van der Waals surface area contributed by atoms with Gasteiger partial charge in [-0.1, -0.05) is 97.1 Å². The Morgan fingerprint density at radius 2 is 0.870 bits per heavy atom. The summed E-state index contributed by atoms with van der Waals surface area (Å²) in [4.78, 5) is 56.9. The molecule has 8 nitrogen and oxygen atoms in total. The summed E-state index contributed by atoms with van der Waals surface area (Å²) in [5.41, 5.74) is 4.42. The molecule has 268 valence electrons. The van der Waals surface area contributed by atoms with Gasteiger partial charge in [-0.05, 0) is 107 Å². The topological polar surface area (TPSA) is 98.8 Å². The van der Waals surface area contributed by atoms with Crippen LogP contribution in [-0.2, 0) is 9.59 Å². The van der Waals surface area contributed by atoms with Crippen molar-refractivity contribution in [3.8, 4) is 0 Å². The summed E-state index contributed by atoms with van der Waals surface area (Å²) in [6.45, 7) is 1.10. The molecule has 6 aromatic rings. The Bertz CT molecular complexity index is 2230. The Morgan fingerprint density at radius 1 is 0.481 bits per heavy atom. The lowest BCUT2D eigenvalue weighted by molar-refractivity contribution is -0.120. The van der Waals surface area contributed by atoms with E-state index in [2.05, 4.69) is 10.6 Å². The second-order valence-corrected chi connectivity index (χ2v) is 14.0. The first-order chi connectivity index (χ1) is 26.4. The van der Waals surface area contributed by atoms with Gasteiger partial charge >= 0.3 is 0 Å². The van der Waals surface area contributed by atoms with E-state index in [-0.39, 0.29) is 23.6 Å². The third-order valence-electron chi connectivity index (χ3n) is 10.5. The average molecular weight is 713 g/mol.